The zero-order valence-corrected chi connectivity index (χ0v) is 11.9. The largest absolute Gasteiger partial charge is 0.352 e. The van der Waals surface area contributed by atoms with Crippen molar-refractivity contribution in [2.45, 2.75) is 24.3 Å². The van der Waals surface area contributed by atoms with Crippen LogP contribution >= 0.6 is 11.6 Å². The van der Waals surface area contributed by atoms with Crippen LogP contribution in [0.25, 0.3) is 0 Å². The predicted molar refractivity (Wildman–Crippen MR) is 70.2 cm³/mol. The van der Waals surface area contributed by atoms with Crippen molar-refractivity contribution in [3.05, 3.63) is 23.5 Å². The number of pyridine rings is 1. The van der Waals surface area contributed by atoms with Gasteiger partial charge < -0.3 is 5.32 Å². The van der Waals surface area contributed by atoms with Crippen molar-refractivity contribution >= 4 is 27.5 Å². The van der Waals surface area contributed by atoms with E-state index in [1.807, 2.05) is 0 Å². The fourth-order valence-electron chi connectivity index (χ4n) is 2.05. The maximum Gasteiger partial charge on any atom is 0.243 e. The Bertz CT molecular complexity index is 591. The molecule has 0 bridgehead atoms. The average molecular weight is 304 g/mol. The van der Waals surface area contributed by atoms with E-state index in [0.717, 1.165) is 0 Å². The standard InChI is InChI=1S/C11H14ClN3O3S/c1-8(16)14-9-3-5-15(7-9)19(17,18)10-2-4-13-11(12)6-10/h2,4,6,9H,3,5,7H2,1H3,(H,14,16). The summed E-state index contributed by atoms with van der Waals surface area (Å²) in [5.41, 5.74) is 0. The number of hydrogen-bond acceptors (Lipinski definition) is 4. The van der Waals surface area contributed by atoms with E-state index in [4.69, 9.17) is 11.6 Å². The highest BCUT2D eigenvalue weighted by Gasteiger charge is 2.32. The van der Waals surface area contributed by atoms with Crippen LogP contribution in [0.2, 0.25) is 5.15 Å². The second-order valence-corrected chi connectivity index (χ2v) is 6.69. The second-order valence-electron chi connectivity index (χ2n) is 4.36. The number of carbonyl (C=O) groups is 1. The third kappa shape index (κ3) is 3.23. The highest BCUT2D eigenvalue weighted by molar-refractivity contribution is 7.89. The monoisotopic (exact) mass is 303 g/mol. The summed E-state index contributed by atoms with van der Waals surface area (Å²) in [5.74, 6) is -0.156. The third-order valence-corrected chi connectivity index (χ3v) is 4.96. The Morgan fingerprint density at radius 2 is 2.32 bits per heavy atom. The maximum atomic E-state index is 12.3. The minimum absolute atomic E-state index is 0.121. The molecule has 1 N–H and O–H groups in total. The summed E-state index contributed by atoms with van der Waals surface area (Å²) < 4.78 is 26.0. The Kier molecular flexibility index (Phi) is 4.07. The lowest BCUT2D eigenvalue weighted by Crippen LogP contribution is -2.37. The van der Waals surface area contributed by atoms with Gasteiger partial charge in [0.25, 0.3) is 0 Å². The van der Waals surface area contributed by atoms with Crippen LogP contribution < -0.4 is 5.32 Å². The molecule has 1 atom stereocenters. The number of sulfonamides is 1. The van der Waals surface area contributed by atoms with Crippen molar-refractivity contribution in [1.82, 2.24) is 14.6 Å². The van der Waals surface area contributed by atoms with Gasteiger partial charge >= 0.3 is 0 Å². The molecule has 0 aliphatic carbocycles. The second kappa shape index (κ2) is 5.44. The number of nitrogens with one attached hydrogen (secondary N) is 1. The van der Waals surface area contributed by atoms with E-state index in [1.54, 1.807) is 0 Å². The molecule has 8 heteroatoms. The van der Waals surface area contributed by atoms with Crippen molar-refractivity contribution in [3.8, 4) is 0 Å². The number of carbonyl (C=O) groups excluding carboxylic acids is 1. The summed E-state index contributed by atoms with van der Waals surface area (Å²) in [7, 11) is -3.57. The van der Waals surface area contributed by atoms with Crippen LogP contribution in [-0.2, 0) is 14.8 Å². The van der Waals surface area contributed by atoms with Crippen molar-refractivity contribution in [2.24, 2.45) is 0 Å². The molecule has 1 aliphatic heterocycles. The lowest BCUT2D eigenvalue weighted by molar-refractivity contribution is -0.119. The molecule has 1 aliphatic rings. The topological polar surface area (TPSA) is 79.4 Å². The fraction of sp³-hybridized carbons (Fsp3) is 0.455. The van der Waals surface area contributed by atoms with Crippen molar-refractivity contribution < 1.29 is 13.2 Å². The first-order chi connectivity index (χ1) is 8.89. The first-order valence-electron chi connectivity index (χ1n) is 5.78. The molecule has 1 aromatic heterocycles. The normalized spacial score (nSPS) is 20.4. The van der Waals surface area contributed by atoms with Crippen molar-refractivity contribution in [1.29, 1.82) is 0 Å². The van der Waals surface area contributed by atoms with Crippen LogP contribution in [0.15, 0.2) is 23.2 Å². The molecule has 104 valence electrons. The molecule has 1 aromatic rings. The van der Waals surface area contributed by atoms with Gasteiger partial charge in [-0.05, 0) is 18.6 Å². The van der Waals surface area contributed by atoms with Gasteiger partial charge in [-0.15, -0.1) is 0 Å². The minimum Gasteiger partial charge on any atom is -0.352 e. The van der Waals surface area contributed by atoms with Crippen LogP contribution in [0, 0.1) is 0 Å². The number of nitrogens with zero attached hydrogens (tertiary/aromatic N) is 2. The summed E-state index contributed by atoms with van der Waals surface area (Å²) >= 11 is 5.70. The zero-order chi connectivity index (χ0) is 14.0. The molecule has 1 unspecified atom stereocenters. The van der Waals surface area contributed by atoms with E-state index in [0.29, 0.717) is 13.0 Å². The molecule has 2 rings (SSSR count). The fourth-order valence-corrected chi connectivity index (χ4v) is 3.80. The molecule has 0 saturated carbocycles. The Labute approximate surface area is 116 Å². The average Bonchev–Trinajstić information content (AvgIpc) is 2.77. The maximum absolute atomic E-state index is 12.3. The van der Waals surface area contributed by atoms with Crippen LogP contribution in [0.5, 0.6) is 0 Å². The number of rotatable bonds is 3. The minimum atomic E-state index is -3.57. The van der Waals surface area contributed by atoms with Gasteiger partial charge in [-0.25, -0.2) is 13.4 Å². The highest BCUT2D eigenvalue weighted by Crippen LogP contribution is 2.22. The van der Waals surface area contributed by atoms with Gasteiger partial charge in [0.1, 0.15) is 5.15 Å². The Morgan fingerprint density at radius 1 is 1.58 bits per heavy atom. The predicted octanol–water partition coefficient (Wildman–Crippen LogP) is 0.634. The summed E-state index contributed by atoms with van der Waals surface area (Å²) in [6, 6.07) is 2.60. The molecule has 0 aromatic carbocycles. The lowest BCUT2D eigenvalue weighted by atomic mass is 10.3. The highest BCUT2D eigenvalue weighted by atomic mass is 35.5. The van der Waals surface area contributed by atoms with Crippen LogP contribution in [0.3, 0.4) is 0 Å². The zero-order valence-electron chi connectivity index (χ0n) is 10.3. The van der Waals surface area contributed by atoms with Gasteiger partial charge in [0.2, 0.25) is 15.9 Å². The molecule has 1 fully saturated rings. The summed E-state index contributed by atoms with van der Waals surface area (Å²) in [6.07, 6.45) is 1.97. The number of amides is 1. The molecule has 1 saturated heterocycles. The molecule has 2 heterocycles. The van der Waals surface area contributed by atoms with Crippen molar-refractivity contribution in [3.63, 3.8) is 0 Å². The van der Waals surface area contributed by atoms with Crippen molar-refractivity contribution in [2.75, 3.05) is 13.1 Å². The SMILES string of the molecule is CC(=O)NC1CCN(S(=O)(=O)c2ccnc(Cl)c2)C1. The first-order valence-corrected chi connectivity index (χ1v) is 7.60. The van der Waals surface area contributed by atoms with E-state index in [9.17, 15) is 13.2 Å². The third-order valence-electron chi connectivity index (χ3n) is 2.89. The van der Waals surface area contributed by atoms with E-state index < -0.39 is 10.0 Å². The molecule has 1 amide bonds. The van der Waals surface area contributed by atoms with Gasteiger partial charge in [-0.1, -0.05) is 11.6 Å². The van der Waals surface area contributed by atoms with Gasteiger partial charge in [0.15, 0.2) is 0 Å². The first kappa shape index (κ1) is 14.2. The molecule has 0 spiro atoms. The molecular weight excluding hydrogens is 290 g/mol. The molecule has 19 heavy (non-hydrogen) atoms. The molecule has 0 radical (unpaired) electrons. The van der Waals surface area contributed by atoms with Gasteiger partial charge in [0, 0.05) is 32.3 Å². The van der Waals surface area contributed by atoms with E-state index in [1.165, 1.54) is 29.6 Å². The summed E-state index contributed by atoms with van der Waals surface area (Å²) in [4.78, 5) is 14.8. The molecule has 6 nitrogen and oxygen atoms in total. The van der Waals surface area contributed by atoms with Gasteiger partial charge in [0.05, 0.1) is 4.90 Å². The number of aromatic nitrogens is 1. The van der Waals surface area contributed by atoms with Gasteiger partial charge in [-0.3, -0.25) is 4.79 Å². The Morgan fingerprint density at radius 3 is 2.95 bits per heavy atom. The smallest absolute Gasteiger partial charge is 0.243 e. The number of halogens is 1. The Hall–Kier alpha value is -1.18. The quantitative estimate of drug-likeness (QED) is 0.831. The Balaban J connectivity index is 2.16. The van der Waals surface area contributed by atoms with E-state index in [-0.39, 0.29) is 28.5 Å². The van der Waals surface area contributed by atoms with Gasteiger partial charge in [-0.2, -0.15) is 4.31 Å². The van der Waals surface area contributed by atoms with Crippen LogP contribution in [0.1, 0.15) is 13.3 Å². The summed E-state index contributed by atoms with van der Waals surface area (Å²) in [5, 5.41) is 2.86. The van der Waals surface area contributed by atoms with E-state index >= 15 is 0 Å². The van der Waals surface area contributed by atoms with E-state index in [2.05, 4.69) is 10.3 Å². The lowest BCUT2D eigenvalue weighted by Gasteiger charge is -2.16. The summed E-state index contributed by atoms with van der Waals surface area (Å²) in [6.45, 7) is 2.08. The van der Waals surface area contributed by atoms with Crippen LogP contribution in [-0.4, -0.2) is 42.7 Å². The van der Waals surface area contributed by atoms with Crippen LogP contribution in [0.4, 0.5) is 0 Å². The number of hydrogen-bond donors (Lipinski definition) is 1. The molecular formula is C11H14ClN3O3S.